The summed E-state index contributed by atoms with van der Waals surface area (Å²) in [5.74, 6) is 1.07. The molecule has 1 aromatic rings. The first-order valence-corrected chi connectivity index (χ1v) is 8.48. The number of halogens is 1. The summed E-state index contributed by atoms with van der Waals surface area (Å²) in [6.45, 7) is 6.30. The normalized spacial score (nSPS) is 21.1. The van der Waals surface area contributed by atoms with Crippen LogP contribution in [0.2, 0.25) is 5.02 Å². The number of carbonyl (C=O) groups is 2. The molecule has 1 fully saturated rings. The van der Waals surface area contributed by atoms with Crippen molar-refractivity contribution >= 4 is 23.4 Å². The first-order chi connectivity index (χ1) is 11.4. The second-order valence-electron chi connectivity index (χ2n) is 6.48. The van der Waals surface area contributed by atoms with Crippen LogP contribution in [-0.2, 0) is 9.59 Å². The van der Waals surface area contributed by atoms with E-state index >= 15 is 0 Å². The van der Waals surface area contributed by atoms with Gasteiger partial charge in [-0.05, 0) is 42.5 Å². The van der Waals surface area contributed by atoms with Crippen LogP contribution < -0.4 is 15.6 Å². The molecule has 132 valence electrons. The average Bonchev–Trinajstić information content (AvgIpc) is 2.51. The van der Waals surface area contributed by atoms with Crippen LogP contribution in [0.25, 0.3) is 0 Å². The average molecular weight is 354 g/mol. The second kappa shape index (κ2) is 8.89. The lowest BCUT2D eigenvalue weighted by Crippen LogP contribution is -2.50. The molecule has 24 heavy (non-hydrogen) atoms. The van der Waals surface area contributed by atoms with Crippen molar-refractivity contribution in [2.75, 3.05) is 26.2 Å². The fourth-order valence-corrected chi connectivity index (χ4v) is 3.14. The van der Waals surface area contributed by atoms with Gasteiger partial charge in [0.2, 0.25) is 0 Å². The van der Waals surface area contributed by atoms with Crippen LogP contribution in [0.5, 0.6) is 5.75 Å². The molecule has 0 bridgehead atoms. The Morgan fingerprint density at radius 2 is 1.71 bits per heavy atom. The Bertz CT molecular complexity index is 555. The molecule has 2 rings (SSSR count). The van der Waals surface area contributed by atoms with Crippen molar-refractivity contribution in [3.63, 3.8) is 0 Å². The van der Waals surface area contributed by atoms with Gasteiger partial charge in [0.25, 0.3) is 11.8 Å². The standard InChI is InChI=1S/C17H24ClN3O3/c1-12-7-13(2)9-21(8-12)10-16(22)19-20-17(23)11-24-15-5-3-14(18)4-6-15/h3-6,12-13H,7-11H2,1-2H3,(H,19,22)(H,20,23)/t12-,13-/m1/s1. The van der Waals surface area contributed by atoms with Crippen molar-refractivity contribution in [2.24, 2.45) is 11.8 Å². The SMILES string of the molecule is C[C@@H]1C[C@@H](C)CN(CC(=O)NNC(=O)COc2ccc(Cl)cc2)C1. The van der Waals surface area contributed by atoms with E-state index in [1.54, 1.807) is 24.3 Å². The molecule has 0 saturated carbocycles. The summed E-state index contributed by atoms with van der Waals surface area (Å²) in [6, 6.07) is 6.70. The number of rotatable bonds is 5. The number of hydrogen-bond donors (Lipinski definition) is 2. The van der Waals surface area contributed by atoms with Gasteiger partial charge in [-0.1, -0.05) is 25.4 Å². The number of nitrogens with zero attached hydrogens (tertiary/aromatic N) is 1. The highest BCUT2D eigenvalue weighted by atomic mass is 35.5. The summed E-state index contributed by atoms with van der Waals surface area (Å²) in [4.78, 5) is 25.7. The van der Waals surface area contributed by atoms with Crippen LogP contribution in [0.3, 0.4) is 0 Å². The van der Waals surface area contributed by atoms with Crippen LogP contribution in [0, 0.1) is 11.8 Å². The molecule has 0 spiro atoms. The first-order valence-electron chi connectivity index (χ1n) is 8.10. The molecule has 2 N–H and O–H groups in total. The maximum atomic E-state index is 11.9. The highest BCUT2D eigenvalue weighted by Crippen LogP contribution is 2.20. The third-order valence-electron chi connectivity index (χ3n) is 3.84. The Kier molecular flexibility index (Phi) is 6.87. The Morgan fingerprint density at radius 3 is 2.33 bits per heavy atom. The van der Waals surface area contributed by atoms with Crippen LogP contribution in [0.15, 0.2) is 24.3 Å². The summed E-state index contributed by atoms with van der Waals surface area (Å²) >= 11 is 5.77. The van der Waals surface area contributed by atoms with Crippen LogP contribution >= 0.6 is 11.6 Å². The number of hydrazine groups is 1. The van der Waals surface area contributed by atoms with E-state index in [9.17, 15) is 9.59 Å². The minimum absolute atomic E-state index is 0.181. The molecule has 1 aromatic carbocycles. The topological polar surface area (TPSA) is 70.7 Å². The van der Waals surface area contributed by atoms with Gasteiger partial charge in [-0.25, -0.2) is 0 Å². The van der Waals surface area contributed by atoms with E-state index in [-0.39, 0.29) is 19.1 Å². The number of piperidine rings is 1. The molecule has 0 radical (unpaired) electrons. The molecule has 6 nitrogen and oxygen atoms in total. The van der Waals surface area contributed by atoms with E-state index in [1.807, 2.05) is 0 Å². The number of benzene rings is 1. The monoisotopic (exact) mass is 353 g/mol. The molecule has 1 saturated heterocycles. The second-order valence-corrected chi connectivity index (χ2v) is 6.92. The van der Waals surface area contributed by atoms with Gasteiger partial charge < -0.3 is 4.74 Å². The molecular weight excluding hydrogens is 330 g/mol. The largest absolute Gasteiger partial charge is 0.484 e. The number of nitrogens with one attached hydrogen (secondary N) is 2. The lowest BCUT2D eigenvalue weighted by Gasteiger charge is -2.34. The number of likely N-dealkylation sites (tertiary alicyclic amines) is 1. The van der Waals surface area contributed by atoms with Crippen LogP contribution in [0.4, 0.5) is 0 Å². The van der Waals surface area contributed by atoms with Gasteiger partial charge in [0, 0.05) is 18.1 Å². The van der Waals surface area contributed by atoms with Gasteiger partial charge in [0.1, 0.15) is 5.75 Å². The van der Waals surface area contributed by atoms with E-state index in [2.05, 4.69) is 29.6 Å². The smallest absolute Gasteiger partial charge is 0.276 e. The molecule has 0 aromatic heterocycles. The Labute approximate surface area is 147 Å². The van der Waals surface area contributed by atoms with Crippen molar-refractivity contribution in [1.82, 2.24) is 15.8 Å². The zero-order chi connectivity index (χ0) is 17.5. The zero-order valence-corrected chi connectivity index (χ0v) is 14.8. The predicted octanol–water partition coefficient (Wildman–Crippen LogP) is 1.84. The summed E-state index contributed by atoms with van der Waals surface area (Å²) in [6.07, 6.45) is 1.19. The van der Waals surface area contributed by atoms with Gasteiger partial charge >= 0.3 is 0 Å². The Hall–Kier alpha value is -1.79. The van der Waals surface area contributed by atoms with Crippen LogP contribution in [-0.4, -0.2) is 43.0 Å². The maximum absolute atomic E-state index is 11.9. The Morgan fingerprint density at radius 1 is 1.12 bits per heavy atom. The minimum atomic E-state index is -0.418. The van der Waals surface area contributed by atoms with Gasteiger partial charge in [0.15, 0.2) is 6.61 Å². The summed E-state index contributed by atoms with van der Waals surface area (Å²) in [7, 11) is 0. The van der Waals surface area contributed by atoms with Crippen molar-refractivity contribution in [2.45, 2.75) is 20.3 Å². The molecule has 0 aliphatic carbocycles. The number of hydrogen-bond acceptors (Lipinski definition) is 4. The van der Waals surface area contributed by atoms with E-state index in [0.29, 0.717) is 22.6 Å². The van der Waals surface area contributed by atoms with E-state index in [0.717, 1.165) is 13.1 Å². The van der Waals surface area contributed by atoms with Gasteiger partial charge in [-0.2, -0.15) is 0 Å². The lowest BCUT2D eigenvalue weighted by atomic mass is 9.92. The van der Waals surface area contributed by atoms with Crippen LogP contribution in [0.1, 0.15) is 20.3 Å². The predicted molar refractivity (Wildman–Crippen MR) is 92.6 cm³/mol. The quantitative estimate of drug-likeness (QED) is 0.792. The third kappa shape index (κ3) is 6.37. The highest BCUT2D eigenvalue weighted by molar-refractivity contribution is 6.30. The van der Waals surface area contributed by atoms with E-state index < -0.39 is 5.91 Å². The van der Waals surface area contributed by atoms with E-state index in [4.69, 9.17) is 16.3 Å². The molecule has 1 heterocycles. The molecule has 2 atom stereocenters. The van der Waals surface area contributed by atoms with Crippen molar-refractivity contribution < 1.29 is 14.3 Å². The first kappa shape index (κ1) is 18.5. The molecular formula is C17H24ClN3O3. The fraction of sp³-hybridized carbons (Fsp3) is 0.529. The molecule has 1 aliphatic heterocycles. The molecule has 1 aliphatic rings. The van der Waals surface area contributed by atoms with Crippen molar-refractivity contribution in [3.8, 4) is 5.75 Å². The third-order valence-corrected chi connectivity index (χ3v) is 4.09. The molecule has 7 heteroatoms. The highest BCUT2D eigenvalue weighted by Gasteiger charge is 2.23. The van der Waals surface area contributed by atoms with Crippen molar-refractivity contribution in [1.29, 1.82) is 0 Å². The molecule has 2 amide bonds. The van der Waals surface area contributed by atoms with Gasteiger partial charge in [0.05, 0.1) is 6.54 Å². The summed E-state index contributed by atoms with van der Waals surface area (Å²) in [5, 5.41) is 0.598. The van der Waals surface area contributed by atoms with E-state index in [1.165, 1.54) is 6.42 Å². The lowest BCUT2D eigenvalue weighted by molar-refractivity contribution is -0.130. The van der Waals surface area contributed by atoms with Gasteiger partial charge in [-0.15, -0.1) is 0 Å². The molecule has 0 unspecified atom stereocenters. The zero-order valence-electron chi connectivity index (χ0n) is 14.0. The van der Waals surface area contributed by atoms with Gasteiger partial charge in [-0.3, -0.25) is 25.3 Å². The Balaban J connectivity index is 1.65. The minimum Gasteiger partial charge on any atom is -0.484 e. The van der Waals surface area contributed by atoms with Crippen molar-refractivity contribution in [3.05, 3.63) is 29.3 Å². The fourth-order valence-electron chi connectivity index (χ4n) is 3.02. The maximum Gasteiger partial charge on any atom is 0.276 e. The summed E-state index contributed by atoms with van der Waals surface area (Å²) in [5.41, 5.74) is 4.78. The number of ether oxygens (including phenoxy) is 1. The number of carbonyl (C=O) groups excluding carboxylic acids is 2. The summed E-state index contributed by atoms with van der Waals surface area (Å²) < 4.78 is 5.30. The number of amides is 2.